The number of benzene rings is 1. The molecule has 0 saturated heterocycles. The molecule has 0 spiro atoms. The molecule has 0 bridgehead atoms. The van der Waals surface area contributed by atoms with Crippen molar-refractivity contribution in [2.45, 2.75) is 13.8 Å². The van der Waals surface area contributed by atoms with Crippen LogP contribution in [0.2, 0.25) is 0 Å². The number of rotatable bonds is 2. The Labute approximate surface area is 86.6 Å². The van der Waals surface area contributed by atoms with E-state index in [4.69, 9.17) is 0 Å². The van der Waals surface area contributed by atoms with Gasteiger partial charge in [-0.1, -0.05) is 48.0 Å². The molecule has 0 aliphatic rings. The highest BCUT2D eigenvalue weighted by atomic mass is 79.9. The fourth-order valence-electron chi connectivity index (χ4n) is 0.933. The number of hydrogen-bond acceptors (Lipinski definition) is 0. The molecule has 0 aliphatic carbocycles. The molecule has 1 aromatic rings. The lowest BCUT2D eigenvalue weighted by Gasteiger charge is -1.98. The van der Waals surface area contributed by atoms with E-state index >= 15 is 0 Å². The van der Waals surface area contributed by atoms with E-state index in [0.29, 0.717) is 11.5 Å². The van der Waals surface area contributed by atoms with E-state index in [1.165, 1.54) is 6.07 Å². The molecule has 13 heavy (non-hydrogen) atoms. The molecule has 0 atom stereocenters. The lowest BCUT2D eigenvalue weighted by molar-refractivity contribution is 0.624. The van der Waals surface area contributed by atoms with Crippen LogP contribution in [0.4, 0.5) is 4.39 Å². The van der Waals surface area contributed by atoms with Gasteiger partial charge in [-0.15, -0.1) is 0 Å². The quantitative estimate of drug-likeness (QED) is 0.728. The van der Waals surface area contributed by atoms with Gasteiger partial charge in [-0.05, 0) is 18.1 Å². The highest BCUT2D eigenvalue weighted by molar-refractivity contribution is 9.10. The second kappa shape index (κ2) is 4.56. The Morgan fingerprint density at radius 2 is 2.08 bits per heavy atom. The summed E-state index contributed by atoms with van der Waals surface area (Å²) in [5.74, 6) is 0.259. The molecule has 0 nitrogen and oxygen atoms in total. The highest BCUT2D eigenvalue weighted by Crippen LogP contribution is 2.16. The Morgan fingerprint density at radius 1 is 1.38 bits per heavy atom. The van der Waals surface area contributed by atoms with E-state index in [1.54, 1.807) is 6.07 Å². The second-order valence-corrected chi connectivity index (χ2v) is 4.18. The molecule has 70 valence electrons. The van der Waals surface area contributed by atoms with E-state index in [9.17, 15) is 4.39 Å². The van der Waals surface area contributed by atoms with Gasteiger partial charge < -0.3 is 0 Å². The lowest BCUT2D eigenvalue weighted by Crippen LogP contribution is -1.83. The molecule has 0 saturated carbocycles. The fraction of sp³-hybridized carbons (Fsp3) is 0.273. The first kappa shape index (κ1) is 10.5. The Bertz CT molecular complexity index is 316. The van der Waals surface area contributed by atoms with Crippen LogP contribution in [0, 0.1) is 11.7 Å². The Kier molecular flexibility index (Phi) is 3.67. The third-order valence-electron chi connectivity index (χ3n) is 1.62. The number of allylic oxidation sites excluding steroid dienone is 1. The molecule has 0 unspecified atom stereocenters. The molecule has 1 rings (SSSR count). The molecular weight excluding hydrogens is 231 g/mol. The number of hydrogen-bond donors (Lipinski definition) is 0. The van der Waals surface area contributed by atoms with Crippen molar-refractivity contribution < 1.29 is 4.39 Å². The average molecular weight is 243 g/mol. The van der Waals surface area contributed by atoms with Gasteiger partial charge >= 0.3 is 0 Å². The molecule has 1 aromatic carbocycles. The van der Waals surface area contributed by atoms with E-state index in [-0.39, 0.29) is 5.82 Å². The zero-order valence-corrected chi connectivity index (χ0v) is 9.31. The first-order chi connectivity index (χ1) is 6.09. The smallest absolute Gasteiger partial charge is 0.131 e. The van der Waals surface area contributed by atoms with E-state index < -0.39 is 0 Å². The van der Waals surface area contributed by atoms with Crippen LogP contribution in [0.15, 0.2) is 28.7 Å². The maximum absolute atomic E-state index is 13.2. The van der Waals surface area contributed by atoms with Gasteiger partial charge in [0.2, 0.25) is 0 Å². The highest BCUT2D eigenvalue weighted by Gasteiger charge is 1.98. The summed E-state index contributed by atoms with van der Waals surface area (Å²) >= 11 is 3.21. The minimum absolute atomic E-state index is 0.189. The van der Waals surface area contributed by atoms with Gasteiger partial charge in [0, 0.05) is 10.0 Å². The minimum atomic E-state index is -0.189. The van der Waals surface area contributed by atoms with Crippen LogP contribution in [0.25, 0.3) is 6.08 Å². The Balaban J connectivity index is 2.90. The molecule has 0 amide bonds. The molecule has 0 fully saturated rings. The van der Waals surface area contributed by atoms with Crippen molar-refractivity contribution in [1.82, 2.24) is 0 Å². The maximum atomic E-state index is 13.2. The van der Waals surface area contributed by atoms with Crippen molar-refractivity contribution in [2.75, 3.05) is 0 Å². The summed E-state index contributed by atoms with van der Waals surface area (Å²) < 4.78 is 14.0. The first-order valence-corrected chi connectivity index (χ1v) is 5.02. The van der Waals surface area contributed by atoms with E-state index in [0.717, 1.165) is 4.47 Å². The fourth-order valence-corrected chi connectivity index (χ4v) is 1.27. The molecule has 0 heterocycles. The van der Waals surface area contributed by atoms with Gasteiger partial charge in [0.25, 0.3) is 0 Å². The summed E-state index contributed by atoms with van der Waals surface area (Å²) in [6.45, 7) is 4.13. The monoisotopic (exact) mass is 242 g/mol. The van der Waals surface area contributed by atoms with Crippen molar-refractivity contribution in [1.29, 1.82) is 0 Å². The predicted octanol–water partition coefficient (Wildman–Crippen LogP) is 4.26. The Morgan fingerprint density at radius 3 is 2.62 bits per heavy atom. The molecule has 0 aliphatic heterocycles. The van der Waals surface area contributed by atoms with Gasteiger partial charge in [-0.2, -0.15) is 0 Å². The van der Waals surface area contributed by atoms with Crippen molar-refractivity contribution in [2.24, 2.45) is 5.92 Å². The van der Waals surface area contributed by atoms with Gasteiger partial charge in [0.1, 0.15) is 5.82 Å². The van der Waals surface area contributed by atoms with Crippen LogP contribution in [0.1, 0.15) is 19.4 Å². The van der Waals surface area contributed by atoms with Gasteiger partial charge in [0.05, 0.1) is 0 Å². The van der Waals surface area contributed by atoms with Crippen molar-refractivity contribution in [3.05, 3.63) is 40.1 Å². The largest absolute Gasteiger partial charge is 0.206 e. The zero-order valence-electron chi connectivity index (χ0n) is 7.72. The van der Waals surface area contributed by atoms with Gasteiger partial charge in [0.15, 0.2) is 0 Å². The van der Waals surface area contributed by atoms with Crippen LogP contribution < -0.4 is 0 Å². The zero-order chi connectivity index (χ0) is 9.84. The number of halogens is 2. The molecule has 2 heteroatoms. The summed E-state index contributed by atoms with van der Waals surface area (Å²) in [5, 5.41) is 0. The van der Waals surface area contributed by atoms with Crippen molar-refractivity contribution >= 4 is 22.0 Å². The van der Waals surface area contributed by atoms with Gasteiger partial charge in [-0.25, -0.2) is 4.39 Å². The normalized spacial score (nSPS) is 11.5. The predicted molar refractivity (Wildman–Crippen MR) is 58.0 cm³/mol. The second-order valence-electron chi connectivity index (χ2n) is 3.27. The van der Waals surface area contributed by atoms with Crippen LogP contribution in [-0.4, -0.2) is 0 Å². The molecule has 0 N–H and O–H groups in total. The standard InChI is InChI=1S/C11H12BrF/c1-8(2)3-4-9-5-6-10(12)7-11(9)13/h3-8H,1-2H3/b4-3+. The third kappa shape index (κ3) is 3.31. The maximum Gasteiger partial charge on any atom is 0.131 e. The summed E-state index contributed by atoms with van der Waals surface area (Å²) in [4.78, 5) is 0. The Hall–Kier alpha value is -0.630. The van der Waals surface area contributed by atoms with Crippen LogP contribution in [-0.2, 0) is 0 Å². The van der Waals surface area contributed by atoms with Crippen molar-refractivity contribution in [3.63, 3.8) is 0 Å². The van der Waals surface area contributed by atoms with E-state index in [1.807, 2.05) is 18.2 Å². The summed E-state index contributed by atoms with van der Waals surface area (Å²) in [6.07, 6.45) is 3.79. The lowest BCUT2D eigenvalue weighted by atomic mass is 10.1. The summed E-state index contributed by atoms with van der Waals surface area (Å²) in [7, 11) is 0. The third-order valence-corrected chi connectivity index (χ3v) is 2.12. The SMILES string of the molecule is CC(C)/C=C/c1ccc(Br)cc1F. The molecule has 0 radical (unpaired) electrons. The topological polar surface area (TPSA) is 0 Å². The van der Waals surface area contributed by atoms with Crippen LogP contribution in [0.3, 0.4) is 0 Å². The van der Waals surface area contributed by atoms with E-state index in [2.05, 4.69) is 29.8 Å². The molecular formula is C11H12BrF. The summed E-state index contributed by atoms with van der Waals surface area (Å²) in [5.41, 5.74) is 0.636. The average Bonchev–Trinajstić information content (AvgIpc) is 2.02. The first-order valence-electron chi connectivity index (χ1n) is 4.23. The van der Waals surface area contributed by atoms with Gasteiger partial charge in [-0.3, -0.25) is 0 Å². The summed E-state index contributed by atoms with van der Waals surface area (Å²) in [6, 6.07) is 5.07. The van der Waals surface area contributed by atoms with Crippen LogP contribution in [0.5, 0.6) is 0 Å². The molecule has 0 aromatic heterocycles. The van der Waals surface area contributed by atoms with Crippen molar-refractivity contribution in [3.8, 4) is 0 Å². The van der Waals surface area contributed by atoms with Crippen LogP contribution >= 0.6 is 15.9 Å². The minimum Gasteiger partial charge on any atom is -0.206 e.